The number of halogens is 1. The number of rotatable bonds is 6. The molecule has 3 aromatic rings. The second-order valence-electron chi connectivity index (χ2n) is 6.63. The van der Waals surface area contributed by atoms with E-state index in [0.29, 0.717) is 16.0 Å². The minimum absolute atomic E-state index is 0.138. The molecular formula is C21H19ClNO5PS. The van der Waals surface area contributed by atoms with Crippen molar-refractivity contribution in [3.63, 3.8) is 0 Å². The van der Waals surface area contributed by atoms with Crippen LogP contribution in [-0.4, -0.2) is 23.4 Å². The van der Waals surface area contributed by atoms with Gasteiger partial charge in [0, 0.05) is 29.5 Å². The van der Waals surface area contributed by atoms with Gasteiger partial charge in [0.05, 0.1) is 5.69 Å². The molecule has 1 amide bonds. The van der Waals surface area contributed by atoms with Crippen molar-refractivity contribution in [2.45, 2.75) is 12.6 Å². The fourth-order valence-electron chi connectivity index (χ4n) is 3.16. The zero-order valence-electron chi connectivity index (χ0n) is 16.2. The number of amides is 1. The van der Waals surface area contributed by atoms with E-state index in [0.717, 1.165) is 16.3 Å². The molecule has 156 valence electrons. The number of thiophene rings is 1. The second kappa shape index (κ2) is 8.74. The summed E-state index contributed by atoms with van der Waals surface area (Å²) >= 11 is 7.47. The van der Waals surface area contributed by atoms with E-state index < -0.39 is 24.9 Å². The highest BCUT2D eigenvalue weighted by Crippen LogP contribution is 2.56. The van der Waals surface area contributed by atoms with Gasteiger partial charge < -0.3 is 9.63 Å². The number of esters is 1. The summed E-state index contributed by atoms with van der Waals surface area (Å²) in [5.74, 6) is -1.09. The number of nitrogens with zero attached hydrogens (tertiary/aromatic N) is 1. The lowest BCUT2D eigenvalue weighted by atomic mass is 10.1. The first-order valence-electron chi connectivity index (χ1n) is 8.83. The highest BCUT2D eigenvalue weighted by Gasteiger charge is 2.39. The third kappa shape index (κ3) is 4.50. The van der Waals surface area contributed by atoms with Crippen molar-refractivity contribution in [2.24, 2.45) is 0 Å². The molecule has 2 unspecified atom stereocenters. The van der Waals surface area contributed by atoms with Crippen LogP contribution in [0, 0.1) is 0 Å². The van der Waals surface area contributed by atoms with E-state index in [4.69, 9.17) is 16.3 Å². The monoisotopic (exact) mass is 463 g/mol. The van der Waals surface area contributed by atoms with E-state index in [1.165, 1.54) is 30.5 Å². The molecule has 3 rings (SSSR count). The molecule has 0 radical (unpaired) electrons. The van der Waals surface area contributed by atoms with E-state index in [1.54, 1.807) is 41.8 Å². The van der Waals surface area contributed by atoms with Crippen molar-refractivity contribution < 1.29 is 23.8 Å². The quantitative estimate of drug-likeness (QED) is 0.292. The number of carbonyl (C=O) groups excluding carboxylic acids is 2. The number of hydrogen-bond donors (Lipinski definition) is 1. The molecule has 2 atom stereocenters. The van der Waals surface area contributed by atoms with E-state index in [-0.39, 0.29) is 11.4 Å². The summed E-state index contributed by atoms with van der Waals surface area (Å²) in [5, 5.41) is 2.78. The minimum atomic E-state index is -3.95. The van der Waals surface area contributed by atoms with Crippen LogP contribution in [0.3, 0.4) is 0 Å². The zero-order chi connectivity index (χ0) is 22.1. The zero-order valence-corrected chi connectivity index (χ0v) is 18.7. The Balaban J connectivity index is 2.14. The van der Waals surface area contributed by atoms with Gasteiger partial charge in [-0.25, -0.2) is 0 Å². The molecule has 0 fully saturated rings. The number of para-hydroxylation sites is 2. The van der Waals surface area contributed by atoms with Gasteiger partial charge in [0.15, 0.2) is 5.75 Å². The molecule has 0 spiro atoms. The van der Waals surface area contributed by atoms with E-state index in [9.17, 15) is 19.0 Å². The van der Waals surface area contributed by atoms with Crippen LogP contribution >= 0.6 is 30.3 Å². The molecular weight excluding hydrogens is 445 g/mol. The molecule has 0 saturated heterocycles. The van der Waals surface area contributed by atoms with Gasteiger partial charge in [-0.15, -0.1) is 11.3 Å². The van der Waals surface area contributed by atoms with Crippen LogP contribution in [0.2, 0.25) is 5.02 Å². The molecule has 1 aromatic heterocycles. The van der Waals surface area contributed by atoms with Gasteiger partial charge in [-0.3, -0.25) is 19.1 Å². The number of fused-ring (bicyclic) bond motifs is 1. The SMILES string of the molecule is C=CN(C(=O)C(c1csc2ccc(Cl)cc12)P(C)(=O)O)c1ccccc1OC(C)=O. The lowest BCUT2D eigenvalue weighted by molar-refractivity contribution is -0.132. The smallest absolute Gasteiger partial charge is 0.308 e. The van der Waals surface area contributed by atoms with Gasteiger partial charge in [-0.1, -0.05) is 30.3 Å². The predicted molar refractivity (Wildman–Crippen MR) is 121 cm³/mol. The first kappa shape index (κ1) is 22.2. The number of carbonyl (C=O) groups is 2. The molecule has 1 heterocycles. The Hall–Kier alpha value is -2.44. The van der Waals surface area contributed by atoms with Crippen molar-refractivity contribution in [1.82, 2.24) is 0 Å². The number of benzene rings is 2. The van der Waals surface area contributed by atoms with Crippen LogP contribution in [0.5, 0.6) is 5.75 Å². The van der Waals surface area contributed by atoms with Crippen LogP contribution in [0.15, 0.2) is 60.6 Å². The van der Waals surface area contributed by atoms with Crippen molar-refractivity contribution in [2.75, 3.05) is 11.6 Å². The van der Waals surface area contributed by atoms with Crippen LogP contribution < -0.4 is 9.64 Å². The Morgan fingerprint density at radius 2 is 2.00 bits per heavy atom. The Kier molecular flexibility index (Phi) is 6.48. The maximum absolute atomic E-state index is 13.5. The minimum Gasteiger partial charge on any atom is -0.424 e. The summed E-state index contributed by atoms with van der Waals surface area (Å²) in [4.78, 5) is 36.6. The highest BCUT2D eigenvalue weighted by molar-refractivity contribution is 7.58. The third-order valence-corrected chi connectivity index (χ3v) is 7.05. The maximum atomic E-state index is 13.5. The molecule has 0 aliphatic heterocycles. The largest absolute Gasteiger partial charge is 0.424 e. The lowest BCUT2D eigenvalue weighted by Gasteiger charge is -2.27. The molecule has 2 aromatic carbocycles. The Bertz CT molecular complexity index is 1190. The van der Waals surface area contributed by atoms with Crippen LogP contribution in [0.4, 0.5) is 5.69 Å². The molecule has 0 bridgehead atoms. The number of ether oxygens (including phenoxy) is 1. The molecule has 0 aliphatic carbocycles. The van der Waals surface area contributed by atoms with Gasteiger partial charge in [0.1, 0.15) is 5.66 Å². The summed E-state index contributed by atoms with van der Waals surface area (Å²) in [7, 11) is -3.95. The lowest BCUT2D eigenvalue weighted by Crippen LogP contribution is -2.31. The van der Waals surface area contributed by atoms with Crippen molar-refractivity contribution in [3.05, 3.63) is 71.2 Å². The summed E-state index contributed by atoms with van der Waals surface area (Å²) in [6.45, 7) is 6.06. The van der Waals surface area contributed by atoms with E-state index in [2.05, 4.69) is 6.58 Å². The van der Waals surface area contributed by atoms with Crippen LogP contribution in [0.1, 0.15) is 18.1 Å². The fraction of sp³-hybridized carbons (Fsp3) is 0.143. The van der Waals surface area contributed by atoms with Crippen LogP contribution in [-0.2, 0) is 14.2 Å². The summed E-state index contributed by atoms with van der Waals surface area (Å²) in [6.07, 6.45) is 1.23. The van der Waals surface area contributed by atoms with Crippen molar-refractivity contribution in [3.8, 4) is 5.75 Å². The summed E-state index contributed by atoms with van der Waals surface area (Å²) in [6, 6.07) is 11.6. The van der Waals surface area contributed by atoms with Crippen LogP contribution in [0.25, 0.3) is 10.1 Å². The summed E-state index contributed by atoms with van der Waals surface area (Å²) < 4.78 is 18.9. The third-order valence-electron chi connectivity index (χ3n) is 4.37. The Morgan fingerprint density at radius 3 is 2.63 bits per heavy atom. The first-order valence-corrected chi connectivity index (χ1v) is 12.3. The van der Waals surface area contributed by atoms with Crippen molar-refractivity contribution >= 4 is 58.0 Å². The van der Waals surface area contributed by atoms with E-state index in [1.807, 2.05) is 0 Å². The normalized spacial score (nSPS) is 14.0. The molecule has 1 N–H and O–H groups in total. The van der Waals surface area contributed by atoms with Gasteiger partial charge in [-0.2, -0.15) is 0 Å². The molecule has 6 nitrogen and oxygen atoms in total. The molecule has 0 saturated carbocycles. The average molecular weight is 464 g/mol. The van der Waals surface area contributed by atoms with Crippen molar-refractivity contribution in [1.29, 1.82) is 0 Å². The average Bonchev–Trinajstić information content (AvgIpc) is 3.05. The molecule has 30 heavy (non-hydrogen) atoms. The number of anilines is 1. The van der Waals surface area contributed by atoms with Gasteiger partial charge in [-0.05, 0) is 46.7 Å². The summed E-state index contributed by atoms with van der Waals surface area (Å²) in [5.41, 5.74) is -0.704. The Morgan fingerprint density at radius 1 is 1.30 bits per heavy atom. The number of hydrogen-bond acceptors (Lipinski definition) is 5. The van der Waals surface area contributed by atoms with Gasteiger partial charge in [0.25, 0.3) is 0 Å². The Labute approximate surface area is 182 Å². The van der Waals surface area contributed by atoms with E-state index >= 15 is 0 Å². The first-order chi connectivity index (χ1) is 14.1. The van der Waals surface area contributed by atoms with Gasteiger partial charge >= 0.3 is 5.97 Å². The highest BCUT2D eigenvalue weighted by atomic mass is 35.5. The topological polar surface area (TPSA) is 83.9 Å². The second-order valence-corrected chi connectivity index (χ2v) is 10.4. The van der Waals surface area contributed by atoms with Gasteiger partial charge in [0.2, 0.25) is 13.3 Å². The molecule has 9 heteroatoms. The fourth-order valence-corrected chi connectivity index (χ4v) is 5.67. The maximum Gasteiger partial charge on any atom is 0.308 e. The predicted octanol–water partition coefficient (Wildman–Crippen LogP) is 5.60. The standard InChI is InChI=1S/C21H19ClNO5PS/c1-4-23(17-7-5-6-8-18(17)28-13(2)24)21(25)20(29(3,26)27)16-12-30-19-10-9-14(22)11-15(16)19/h4-12,20H,1H2,2-3H3,(H,26,27). The molecule has 0 aliphatic rings.